The summed E-state index contributed by atoms with van der Waals surface area (Å²) in [7, 11) is 6.13. The minimum absolute atomic E-state index is 0. The van der Waals surface area contributed by atoms with Crippen molar-refractivity contribution in [3.8, 4) is 0 Å². The molecule has 1 aromatic heterocycles. The lowest BCUT2D eigenvalue weighted by molar-refractivity contribution is -0.00500. The second-order valence-electron chi connectivity index (χ2n) is 5.91. The highest BCUT2D eigenvalue weighted by molar-refractivity contribution is 14.0. The number of halogens is 1. The fourth-order valence-electron chi connectivity index (χ4n) is 2.76. The average Bonchev–Trinajstić information content (AvgIpc) is 3.04. The molecule has 0 saturated carbocycles. The van der Waals surface area contributed by atoms with Crippen LogP contribution in [0.3, 0.4) is 0 Å². The van der Waals surface area contributed by atoms with E-state index in [0.717, 1.165) is 51.5 Å². The van der Waals surface area contributed by atoms with Crippen molar-refractivity contribution in [3.05, 3.63) is 22.4 Å². The van der Waals surface area contributed by atoms with Crippen molar-refractivity contribution in [2.75, 3.05) is 47.4 Å². The molecule has 0 radical (unpaired) electrons. The first kappa shape index (κ1) is 20.7. The van der Waals surface area contributed by atoms with Gasteiger partial charge in [0.1, 0.15) is 0 Å². The first-order chi connectivity index (χ1) is 10.7. The highest BCUT2D eigenvalue weighted by Crippen LogP contribution is 2.24. The summed E-state index contributed by atoms with van der Waals surface area (Å²) in [6, 6.07) is 4.27. The Morgan fingerprint density at radius 2 is 2.09 bits per heavy atom. The maximum Gasteiger partial charge on any atom is 0.191 e. The van der Waals surface area contributed by atoms with Crippen molar-refractivity contribution in [3.63, 3.8) is 0 Å². The number of aliphatic imine (C=N–C) groups is 1. The van der Waals surface area contributed by atoms with E-state index in [4.69, 9.17) is 4.74 Å². The second kappa shape index (κ2) is 10.5. The van der Waals surface area contributed by atoms with E-state index in [1.54, 1.807) is 11.3 Å². The molecule has 2 rings (SSSR count). The maximum atomic E-state index is 5.52. The summed E-state index contributed by atoms with van der Waals surface area (Å²) in [4.78, 5) is 8.05. The van der Waals surface area contributed by atoms with Crippen LogP contribution in [0.25, 0.3) is 0 Å². The van der Waals surface area contributed by atoms with Gasteiger partial charge in [-0.3, -0.25) is 4.99 Å². The van der Waals surface area contributed by atoms with Gasteiger partial charge in [0, 0.05) is 43.8 Å². The Kier molecular flexibility index (Phi) is 9.41. The SMILES string of the molecule is CN=C(NCCc1cccs1)NCC1(N(C)C)CCOCC1.I. The molecule has 1 aromatic rings. The average molecular weight is 452 g/mol. The van der Waals surface area contributed by atoms with Crippen LogP contribution in [0.1, 0.15) is 17.7 Å². The Labute approximate surface area is 160 Å². The number of rotatable bonds is 6. The van der Waals surface area contributed by atoms with Gasteiger partial charge >= 0.3 is 0 Å². The summed E-state index contributed by atoms with van der Waals surface area (Å²) in [6.45, 7) is 3.47. The summed E-state index contributed by atoms with van der Waals surface area (Å²) >= 11 is 1.80. The first-order valence-electron chi connectivity index (χ1n) is 7.88. The Bertz CT molecular complexity index is 459. The molecule has 132 valence electrons. The number of ether oxygens (including phenoxy) is 1. The molecule has 1 saturated heterocycles. The normalized spacial score (nSPS) is 17.7. The predicted octanol–water partition coefficient (Wildman–Crippen LogP) is 2.18. The largest absolute Gasteiger partial charge is 0.381 e. The molecule has 1 fully saturated rings. The van der Waals surface area contributed by atoms with Gasteiger partial charge in [0.2, 0.25) is 0 Å². The van der Waals surface area contributed by atoms with Gasteiger partial charge in [-0.25, -0.2) is 0 Å². The maximum absolute atomic E-state index is 5.52. The third kappa shape index (κ3) is 6.21. The molecule has 0 spiro atoms. The molecule has 1 aliphatic heterocycles. The lowest BCUT2D eigenvalue weighted by Gasteiger charge is -2.43. The lowest BCUT2D eigenvalue weighted by Crippen LogP contribution is -2.57. The van der Waals surface area contributed by atoms with Gasteiger partial charge in [-0.2, -0.15) is 0 Å². The molecule has 0 atom stereocenters. The van der Waals surface area contributed by atoms with Crippen LogP contribution in [0.5, 0.6) is 0 Å². The molecule has 0 amide bonds. The van der Waals surface area contributed by atoms with E-state index in [1.165, 1.54) is 4.88 Å². The van der Waals surface area contributed by atoms with Crippen LogP contribution < -0.4 is 10.6 Å². The van der Waals surface area contributed by atoms with Crippen LogP contribution in [-0.2, 0) is 11.2 Å². The molecule has 23 heavy (non-hydrogen) atoms. The number of guanidine groups is 1. The topological polar surface area (TPSA) is 48.9 Å². The minimum atomic E-state index is 0. The van der Waals surface area contributed by atoms with E-state index in [0.29, 0.717) is 0 Å². The molecular weight excluding hydrogens is 423 g/mol. The lowest BCUT2D eigenvalue weighted by atomic mass is 9.88. The third-order valence-corrected chi connectivity index (χ3v) is 5.36. The summed E-state index contributed by atoms with van der Waals surface area (Å²) in [6.07, 6.45) is 3.14. The van der Waals surface area contributed by atoms with Crippen molar-refractivity contribution < 1.29 is 4.74 Å². The van der Waals surface area contributed by atoms with E-state index in [-0.39, 0.29) is 29.5 Å². The van der Waals surface area contributed by atoms with E-state index in [1.807, 2.05) is 7.05 Å². The summed E-state index contributed by atoms with van der Waals surface area (Å²) < 4.78 is 5.52. The smallest absolute Gasteiger partial charge is 0.191 e. The molecule has 5 nitrogen and oxygen atoms in total. The van der Waals surface area contributed by atoms with Crippen molar-refractivity contribution in [1.29, 1.82) is 0 Å². The van der Waals surface area contributed by atoms with E-state index < -0.39 is 0 Å². The molecular formula is C16H29IN4OS. The van der Waals surface area contributed by atoms with Crippen LogP contribution in [-0.4, -0.2) is 63.8 Å². The molecule has 0 aromatic carbocycles. The van der Waals surface area contributed by atoms with Gasteiger partial charge in [0.25, 0.3) is 0 Å². The van der Waals surface area contributed by atoms with Crippen LogP contribution in [0.2, 0.25) is 0 Å². The van der Waals surface area contributed by atoms with Gasteiger partial charge in [-0.1, -0.05) is 6.07 Å². The molecule has 0 unspecified atom stereocenters. The molecule has 1 aliphatic rings. The van der Waals surface area contributed by atoms with Gasteiger partial charge < -0.3 is 20.3 Å². The van der Waals surface area contributed by atoms with Crippen LogP contribution in [0, 0.1) is 0 Å². The fourth-order valence-corrected chi connectivity index (χ4v) is 3.47. The molecule has 2 N–H and O–H groups in total. The van der Waals surface area contributed by atoms with Gasteiger partial charge in [0.05, 0.1) is 0 Å². The zero-order valence-corrected chi connectivity index (χ0v) is 17.4. The van der Waals surface area contributed by atoms with Crippen molar-refractivity contribution in [2.45, 2.75) is 24.8 Å². The zero-order valence-electron chi connectivity index (χ0n) is 14.3. The summed E-state index contributed by atoms with van der Waals surface area (Å²) in [5.41, 5.74) is 0.156. The number of likely N-dealkylation sites (N-methyl/N-ethyl adjacent to an activating group) is 1. The third-order valence-electron chi connectivity index (χ3n) is 4.42. The summed E-state index contributed by atoms with van der Waals surface area (Å²) in [5.74, 6) is 0.879. The number of nitrogens with zero attached hydrogens (tertiary/aromatic N) is 2. The van der Waals surface area contributed by atoms with Crippen LogP contribution >= 0.6 is 35.3 Å². The Hall–Kier alpha value is -0.380. The van der Waals surface area contributed by atoms with Crippen molar-refractivity contribution in [1.82, 2.24) is 15.5 Å². The zero-order chi connectivity index (χ0) is 15.8. The predicted molar refractivity (Wildman–Crippen MR) is 109 cm³/mol. The number of hydrogen-bond donors (Lipinski definition) is 2. The highest BCUT2D eigenvalue weighted by atomic mass is 127. The van der Waals surface area contributed by atoms with Crippen LogP contribution in [0.15, 0.2) is 22.5 Å². The van der Waals surface area contributed by atoms with Gasteiger partial charge in [-0.05, 0) is 44.8 Å². The number of hydrogen-bond acceptors (Lipinski definition) is 4. The quantitative estimate of drug-likeness (QED) is 0.395. The van der Waals surface area contributed by atoms with Gasteiger partial charge in [0.15, 0.2) is 5.96 Å². The Morgan fingerprint density at radius 1 is 1.35 bits per heavy atom. The van der Waals surface area contributed by atoms with Crippen molar-refractivity contribution >= 4 is 41.3 Å². The standard InChI is InChI=1S/C16H28N4OS.HI/c1-17-15(18-9-6-14-5-4-12-22-14)19-13-16(20(2)3)7-10-21-11-8-16;/h4-5,12H,6-11,13H2,1-3H3,(H2,17,18,19);1H. The molecule has 7 heteroatoms. The molecule has 0 aliphatic carbocycles. The van der Waals surface area contributed by atoms with Crippen molar-refractivity contribution in [2.24, 2.45) is 4.99 Å². The van der Waals surface area contributed by atoms with Crippen LogP contribution in [0.4, 0.5) is 0 Å². The Balaban J connectivity index is 0.00000264. The molecule has 0 bridgehead atoms. The minimum Gasteiger partial charge on any atom is -0.381 e. The second-order valence-corrected chi connectivity index (χ2v) is 6.95. The van der Waals surface area contributed by atoms with E-state index in [2.05, 4.69) is 52.1 Å². The fraction of sp³-hybridized carbons (Fsp3) is 0.688. The van der Waals surface area contributed by atoms with Gasteiger partial charge in [-0.15, -0.1) is 35.3 Å². The first-order valence-corrected chi connectivity index (χ1v) is 8.76. The van der Waals surface area contributed by atoms with E-state index >= 15 is 0 Å². The number of thiophene rings is 1. The Morgan fingerprint density at radius 3 is 2.65 bits per heavy atom. The van der Waals surface area contributed by atoms with E-state index in [9.17, 15) is 0 Å². The summed E-state index contributed by atoms with van der Waals surface area (Å²) in [5, 5.41) is 9.01. The molecule has 2 heterocycles. The monoisotopic (exact) mass is 452 g/mol. The highest BCUT2D eigenvalue weighted by Gasteiger charge is 2.34. The number of nitrogens with one attached hydrogen (secondary N) is 2.